The standard InChI is InChI=1S/C70H79Cl2N13O23S/c1-24(2)12-35(77-5)61(95)84-52-54(90)27-7-10-39(33(71)14-27)104-41-16-29-17-42(58(41)108-68-59(107-47-22-70(4,76)60(94)25(3)103-47)57(93)56(92)43(106-68)23-109-69-79-44(73)21-45(74)80-69)105-40-11-8-28(15-34(40)72)55(91)53-66(100)83-51(67(101)102)32-18-30(86)19-38(88)48(32)31-13-26(6-9-37(31)87)49(63(97)85-53)82-64(98)50(29)81-62(96)36(20-46(75)89)78-65(52)99/h6-11,13-19,21,24-25,35-36,43,47,49-57,59-60,68,77,86-88,90-94H,12,20,22-23,76H2,1-5H3,(H2,75,89)(H,78,99)(H,81,96)(H,82,98)(H,83,100)(H,84,95)(H,85,97)(H,101,102)(H4,73,74,79,80)/t25?,35-,36-,43?,47?,49?,50+,51+,52+,53-,54+,55+,56?,57?,59?,60?,68?,70?/m0/s1. The largest absolute Gasteiger partial charge is 0.508 e. The first-order valence-electron chi connectivity index (χ1n) is 33.8. The van der Waals surface area contributed by atoms with Crippen molar-refractivity contribution in [3.8, 4) is 57.1 Å². The van der Waals surface area contributed by atoms with E-state index in [-0.39, 0.29) is 68.8 Å². The van der Waals surface area contributed by atoms with E-state index in [0.29, 0.717) is 0 Å². The number of aromatic nitrogens is 2. The van der Waals surface area contributed by atoms with E-state index in [4.69, 9.17) is 74.6 Å². The number of anilines is 2. The van der Waals surface area contributed by atoms with Crippen LogP contribution in [0.15, 0.2) is 90.1 Å². The molecule has 582 valence electrons. The van der Waals surface area contributed by atoms with Crippen LogP contribution in [0.4, 0.5) is 11.6 Å². The highest BCUT2D eigenvalue weighted by Gasteiger charge is 2.52. The molecule has 7 amide bonds. The van der Waals surface area contributed by atoms with Crippen molar-refractivity contribution in [1.82, 2.24) is 47.2 Å². The number of phenols is 3. The predicted molar refractivity (Wildman–Crippen MR) is 384 cm³/mol. The Labute approximate surface area is 633 Å². The molecule has 5 aromatic carbocycles. The lowest BCUT2D eigenvalue weighted by atomic mass is 9.86. The van der Waals surface area contributed by atoms with Crippen LogP contribution in [0.5, 0.6) is 46.0 Å². The molecule has 24 N–H and O–H groups in total. The number of carboxylic acids is 1. The van der Waals surface area contributed by atoms with E-state index in [2.05, 4.69) is 47.2 Å². The van der Waals surface area contributed by atoms with Crippen LogP contribution in [0.2, 0.25) is 10.0 Å². The fourth-order valence-corrected chi connectivity index (χ4v) is 14.5. The van der Waals surface area contributed by atoms with E-state index in [0.717, 1.165) is 78.5 Å². The van der Waals surface area contributed by atoms with Crippen LogP contribution in [0.25, 0.3) is 11.1 Å². The molecule has 7 aliphatic heterocycles. The molecule has 0 aliphatic carbocycles. The van der Waals surface area contributed by atoms with Gasteiger partial charge in [0.15, 0.2) is 35.1 Å². The number of ether oxygens (including phenoxy) is 6. The number of nitrogen functional groups attached to an aromatic ring is 2. The van der Waals surface area contributed by atoms with Crippen LogP contribution < -0.4 is 74.4 Å². The number of nitrogens with two attached hydrogens (primary N) is 4. The number of aromatic hydroxyl groups is 3. The molecule has 36 nitrogen and oxygen atoms in total. The summed E-state index contributed by atoms with van der Waals surface area (Å²) in [5, 5.41) is 122. The first kappa shape index (κ1) is 79.9. The number of carboxylic acid groups (broad SMARTS) is 1. The van der Waals surface area contributed by atoms with Gasteiger partial charge in [-0.25, -0.2) is 14.8 Å². The number of fused-ring (bicyclic) bond motifs is 15. The Kier molecular flexibility index (Phi) is 23.9. The summed E-state index contributed by atoms with van der Waals surface area (Å²) in [6.45, 7) is 6.65. The number of nitrogens with zero attached hydrogens (tertiary/aromatic N) is 2. The van der Waals surface area contributed by atoms with Crippen molar-refractivity contribution in [1.29, 1.82) is 0 Å². The number of halogens is 2. The van der Waals surface area contributed by atoms with Gasteiger partial charge in [0.05, 0.1) is 40.8 Å². The second-order valence-electron chi connectivity index (χ2n) is 27.3. The van der Waals surface area contributed by atoms with Gasteiger partial charge in [-0.15, -0.1) is 0 Å². The third-order valence-electron chi connectivity index (χ3n) is 18.7. The van der Waals surface area contributed by atoms with Crippen LogP contribution in [-0.4, -0.2) is 195 Å². The molecular formula is C70H79Cl2N13O23S. The van der Waals surface area contributed by atoms with E-state index in [1.807, 2.05) is 13.8 Å². The van der Waals surface area contributed by atoms with Crippen molar-refractivity contribution in [2.24, 2.45) is 17.4 Å². The van der Waals surface area contributed by atoms with E-state index in [1.54, 1.807) is 0 Å². The Morgan fingerprint density at radius 2 is 1.32 bits per heavy atom. The molecule has 1 aromatic heterocycles. The Bertz CT molecular complexity index is 4550. The van der Waals surface area contributed by atoms with Gasteiger partial charge in [0, 0.05) is 46.5 Å². The molecule has 0 radical (unpaired) electrons. The number of thioether (sulfide) groups is 1. The van der Waals surface area contributed by atoms with Crippen LogP contribution in [-0.2, 0) is 52.6 Å². The van der Waals surface area contributed by atoms with Crippen molar-refractivity contribution < 1.29 is 113 Å². The number of phenolic OH excluding ortho intramolecular Hbond substituents is 3. The smallest absolute Gasteiger partial charge is 0.330 e. The molecule has 18 atom stereocenters. The van der Waals surface area contributed by atoms with E-state index in [9.17, 15) is 69.9 Å². The zero-order valence-electron chi connectivity index (χ0n) is 58.4. The molecule has 2 saturated heterocycles. The zero-order chi connectivity index (χ0) is 79.1. The number of amides is 7. The van der Waals surface area contributed by atoms with Gasteiger partial charge in [-0.2, -0.15) is 0 Å². The monoisotopic (exact) mass is 1570 g/mol. The molecular weight excluding hydrogens is 1490 g/mol. The molecule has 6 aromatic rings. The van der Waals surface area contributed by atoms with Gasteiger partial charge in [0.25, 0.3) is 0 Å². The van der Waals surface area contributed by atoms with Crippen molar-refractivity contribution >= 4 is 93.9 Å². The number of rotatable bonds is 15. The molecule has 0 saturated carbocycles. The first-order chi connectivity index (χ1) is 51.5. The molecule has 13 rings (SSSR count). The van der Waals surface area contributed by atoms with E-state index in [1.165, 1.54) is 39.1 Å². The summed E-state index contributed by atoms with van der Waals surface area (Å²) < 4.78 is 39.4. The number of benzene rings is 5. The van der Waals surface area contributed by atoms with Crippen LogP contribution in [0, 0.1) is 5.92 Å². The van der Waals surface area contributed by atoms with Gasteiger partial charge in [-0.1, -0.05) is 67.0 Å². The predicted octanol–water partition coefficient (Wildman–Crippen LogP) is 0.861. The summed E-state index contributed by atoms with van der Waals surface area (Å²) in [5.41, 5.74) is 20.1. The zero-order valence-corrected chi connectivity index (χ0v) is 60.7. The van der Waals surface area contributed by atoms with Gasteiger partial charge in [-0.3, -0.25) is 33.6 Å². The van der Waals surface area contributed by atoms with Gasteiger partial charge in [0.1, 0.15) is 95.0 Å². The van der Waals surface area contributed by atoms with Crippen molar-refractivity contribution in [2.75, 3.05) is 24.3 Å². The van der Waals surface area contributed by atoms with E-state index >= 15 is 14.4 Å². The highest BCUT2D eigenvalue weighted by atomic mass is 35.5. The number of carbonyl (C=O) groups is 8. The highest BCUT2D eigenvalue weighted by Crippen LogP contribution is 2.50. The molecule has 7 aliphatic rings. The lowest BCUT2D eigenvalue weighted by Crippen LogP contribution is -2.64. The number of nitrogens with one attached hydrogen (secondary N) is 7. The molecule has 11 bridgehead atoms. The maximum absolute atomic E-state index is 16.2. The summed E-state index contributed by atoms with van der Waals surface area (Å²) in [7, 11) is 1.47. The van der Waals surface area contributed by atoms with Gasteiger partial charge >= 0.3 is 5.97 Å². The Balaban J connectivity index is 1.17. The number of hydrogen-bond acceptors (Lipinski definition) is 29. The molecule has 109 heavy (non-hydrogen) atoms. The molecule has 2 fully saturated rings. The summed E-state index contributed by atoms with van der Waals surface area (Å²) >= 11 is 15.1. The summed E-state index contributed by atoms with van der Waals surface area (Å²) in [5.74, 6) is -16.4. The third-order valence-corrected chi connectivity index (χ3v) is 20.2. The Morgan fingerprint density at radius 1 is 0.716 bits per heavy atom. The fourth-order valence-electron chi connectivity index (χ4n) is 13.2. The number of aliphatic hydroxyl groups is 5. The highest BCUT2D eigenvalue weighted by molar-refractivity contribution is 7.99. The fraction of sp³-hybridized carbons (Fsp3) is 0.400. The maximum Gasteiger partial charge on any atom is 0.330 e. The molecule has 10 unspecified atom stereocenters. The van der Waals surface area contributed by atoms with Crippen molar-refractivity contribution in [2.45, 2.75) is 161 Å². The summed E-state index contributed by atoms with van der Waals surface area (Å²) in [6, 6.07) is 0.619. The summed E-state index contributed by atoms with van der Waals surface area (Å²) in [4.78, 5) is 126. The number of aliphatic carboxylic acids is 1. The Morgan fingerprint density at radius 3 is 1.92 bits per heavy atom. The topological polar surface area (TPSA) is 588 Å². The molecule has 39 heteroatoms. The average Bonchev–Trinajstić information content (AvgIpc) is 0.767. The number of primary amides is 1. The second-order valence-corrected chi connectivity index (χ2v) is 29.1. The van der Waals surface area contributed by atoms with Gasteiger partial charge < -0.3 is 135 Å². The van der Waals surface area contributed by atoms with Gasteiger partial charge in [-0.05, 0) is 110 Å². The van der Waals surface area contributed by atoms with Crippen LogP contribution in [0.1, 0.15) is 105 Å². The minimum atomic E-state index is -2.36. The number of likely N-dealkylation sites (N-methyl/N-ethyl adjacent to an activating group) is 1. The van der Waals surface area contributed by atoms with E-state index < -0.39 is 231 Å². The van der Waals surface area contributed by atoms with Crippen molar-refractivity contribution in [3.63, 3.8) is 0 Å². The SMILES string of the molecule is CN[C@@H](CC(C)C)C(=O)N[C@H]1C(=O)N[C@@H](CC(N)=O)C(=O)N[C@H]2C(=O)NC3C(=O)N[C@H](C(=O)N[C@@H](C(=O)O)c4cc(O)cc(O)c4-c4cc3ccc4O)[C@H](O)c3ccc(c(Cl)c3)Oc3cc2cc(c3OC2OC(CSc3nc(N)cc(N)n3)C(O)C(O)C2OC2CC(C)(N)C(O)C(C)O2)Oc2ccc(cc2Cl)[C@H]1O. The van der Waals surface area contributed by atoms with Gasteiger partial charge in [0.2, 0.25) is 53.4 Å². The summed E-state index contributed by atoms with van der Waals surface area (Å²) in [6.07, 6.45) is -18.4. The third kappa shape index (κ3) is 17.5. The molecule has 8 heterocycles. The average molecular weight is 1570 g/mol. The minimum absolute atomic E-state index is 0.000331. The number of hydrogen-bond donors (Lipinski definition) is 20. The first-order valence-corrected chi connectivity index (χ1v) is 35.6. The number of aliphatic hydroxyl groups excluding tert-OH is 5. The quantitative estimate of drug-likeness (QED) is 0.0501. The number of carbonyl (C=O) groups excluding carboxylic acids is 7. The van der Waals surface area contributed by atoms with Crippen LogP contribution >= 0.6 is 35.0 Å². The normalized spacial score (nSPS) is 28.1. The van der Waals surface area contributed by atoms with Crippen molar-refractivity contribution in [3.05, 3.63) is 123 Å². The lowest BCUT2D eigenvalue weighted by Gasteiger charge is -2.47. The lowest BCUT2D eigenvalue weighted by molar-refractivity contribution is -0.329. The molecule has 0 spiro atoms. The van der Waals surface area contributed by atoms with Crippen LogP contribution in [0.3, 0.4) is 0 Å². The maximum atomic E-state index is 16.2. The minimum Gasteiger partial charge on any atom is -0.508 e. The Hall–Kier alpha value is -10.1. The second kappa shape index (κ2) is 32.6.